The van der Waals surface area contributed by atoms with Gasteiger partial charge in [-0.1, -0.05) is 31.7 Å². The smallest absolute Gasteiger partial charge is 0.0267 e. The van der Waals surface area contributed by atoms with Gasteiger partial charge in [-0.3, -0.25) is 0 Å². The lowest BCUT2D eigenvalue weighted by Crippen LogP contribution is -2.10. The summed E-state index contributed by atoms with van der Waals surface area (Å²) in [5, 5.41) is 3.18. The molecule has 0 aliphatic heterocycles. The highest BCUT2D eigenvalue weighted by atomic mass is 14.9. The Labute approximate surface area is 69.5 Å². The van der Waals surface area contributed by atoms with Gasteiger partial charge >= 0.3 is 0 Å². The summed E-state index contributed by atoms with van der Waals surface area (Å²) >= 11 is 0. The first-order chi connectivity index (χ1) is 5.31. The Morgan fingerprint density at radius 3 is 2.73 bits per heavy atom. The van der Waals surface area contributed by atoms with Crippen LogP contribution in [0, 0.1) is 0 Å². The van der Waals surface area contributed by atoms with E-state index >= 15 is 0 Å². The Morgan fingerprint density at radius 2 is 2.18 bits per heavy atom. The van der Waals surface area contributed by atoms with Crippen molar-refractivity contribution >= 4 is 0 Å². The Hall–Kier alpha value is -0.980. The molecule has 0 saturated heterocycles. The summed E-state index contributed by atoms with van der Waals surface area (Å²) in [5.74, 6) is 0. The standard InChI is InChI=1S/C10H17N/c1-4-6-7-8-10(3)11-9-5-2/h4,6-8,11H,3,5,9H2,1-2H3/b6-4-,8-7-. The van der Waals surface area contributed by atoms with Gasteiger partial charge in [0.1, 0.15) is 0 Å². The van der Waals surface area contributed by atoms with Crippen molar-refractivity contribution < 1.29 is 0 Å². The third-order valence-corrected chi connectivity index (χ3v) is 1.20. The molecule has 0 spiro atoms. The van der Waals surface area contributed by atoms with Crippen LogP contribution in [-0.2, 0) is 0 Å². The molecule has 0 aromatic rings. The van der Waals surface area contributed by atoms with Crippen molar-refractivity contribution in [3.8, 4) is 0 Å². The topological polar surface area (TPSA) is 12.0 Å². The molecule has 1 heteroatoms. The summed E-state index contributed by atoms with van der Waals surface area (Å²) in [7, 11) is 0. The van der Waals surface area contributed by atoms with E-state index in [0.29, 0.717) is 0 Å². The zero-order chi connectivity index (χ0) is 8.53. The summed E-state index contributed by atoms with van der Waals surface area (Å²) in [6.45, 7) is 8.96. The fraction of sp³-hybridized carbons (Fsp3) is 0.400. The van der Waals surface area contributed by atoms with Gasteiger partial charge in [-0.25, -0.2) is 0 Å². The maximum Gasteiger partial charge on any atom is 0.0267 e. The van der Waals surface area contributed by atoms with Crippen molar-refractivity contribution in [3.63, 3.8) is 0 Å². The van der Waals surface area contributed by atoms with Gasteiger partial charge in [-0.2, -0.15) is 0 Å². The second-order valence-electron chi connectivity index (χ2n) is 2.34. The molecule has 0 aliphatic carbocycles. The van der Waals surface area contributed by atoms with Gasteiger partial charge in [0, 0.05) is 12.2 Å². The molecule has 0 heterocycles. The van der Waals surface area contributed by atoms with E-state index < -0.39 is 0 Å². The molecule has 0 aliphatic rings. The minimum atomic E-state index is 0.977. The molecule has 0 aromatic carbocycles. The van der Waals surface area contributed by atoms with Crippen LogP contribution < -0.4 is 5.32 Å². The zero-order valence-corrected chi connectivity index (χ0v) is 7.43. The van der Waals surface area contributed by atoms with Crippen molar-refractivity contribution in [2.45, 2.75) is 20.3 Å². The summed E-state index contributed by atoms with van der Waals surface area (Å²) in [5.41, 5.74) is 0.977. The minimum Gasteiger partial charge on any atom is -0.386 e. The number of hydrogen-bond donors (Lipinski definition) is 1. The van der Waals surface area contributed by atoms with Gasteiger partial charge < -0.3 is 5.32 Å². The lowest BCUT2D eigenvalue weighted by atomic mass is 10.3. The third kappa shape index (κ3) is 6.91. The van der Waals surface area contributed by atoms with E-state index in [1.165, 1.54) is 0 Å². The van der Waals surface area contributed by atoms with Crippen molar-refractivity contribution in [2.24, 2.45) is 0 Å². The first kappa shape index (κ1) is 10.0. The average Bonchev–Trinajstić information content (AvgIpc) is 2.01. The predicted octanol–water partition coefficient (Wildman–Crippen LogP) is 2.63. The van der Waals surface area contributed by atoms with E-state index in [-0.39, 0.29) is 0 Å². The maximum atomic E-state index is 3.83. The van der Waals surface area contributed by atoms with E-state index in [1.54, 1.807) is 0 Å². The van der Waals surface area contributed by atoms with E-state index in [1.807, 2.05) is 31.2 Å². The van der Waals surface area contributed by atoms with E-state index in [2.05, 4.69) is 18.8 Å². The first-order valence-electron chi connectivity index (χ1n) is 4.03. The molecule has 11 heavy (non-hydrogen) atoms. The van der Waals surface area contributed by atoms with Crippen molar-refractivity contribution in [1.29, 1.82) is 0 Å². The molecular formula is C10H17N. The number of rotatable bonds is 5. The summed E-state index contributed by atoms with van der Waals surface area (Å²) in [4.78, 5) is 0. The lowest BCUT2D eigenvalue weighted by Gasteiger charge is -2.01. The molecule has 1 nitrogen and oxygen atoms in total. The highest BCUT2D eigenvalue weighted by Gasteiger charge is 1.81. The van der Waals surface area contributed by atoms with Crippen LogP contribution in [0.2, 0.25) is 0 Å². The average molecular weight is 151 g/mol. The SMILES string of the molecule is C=C(/C=C\C=C/C)NCCC. The molecule has 0 rings (SSSR count). The van der Waals surface area contributed by atoms with Crippen LogP contribution in [0.1, 0.15) is 20.3 Å². The summed E-state index contributed by atoms with van der Waals surface area (Å²) < 4.78 is 0. The molecule has 0 saturated carbocycles. The van der Waals surface area contributed by atoms with Crippen molar-refractivity contribution in [2.75, 3.05) is 6.54 Å². The number of hydrogen-bond acceptors (Lipinski definition) is 1. The number of nitrogens with one attached hydrogen (secondary N) is 1. The fourth-order valence-corrected chi connectivity index (χ4v) is 0.627. The van der Waals surface area contributed by atoms with E-state index in [4.69, 9.17) is 0 Å². The van der Waals surface area contributed by atoms with Crippen LogP contribution in [0.3, 0.4) is 0 Å². The van der Waals surface area contributed by atoms with Gasteiger partial charge in [0.15, 0.2) is 0 Å². The summed E-state index contributed by atoms with van der Waals surface area (Å²) in [6, 6.07) is 0. The number of allylic oxidation sites excluding steroid dienone is 4. The quantitative estimate of drug-likeness (QED) is 0.596. The normalized spacial score (nSPS) is 11.1. The van der Waals surface area contributed by atoms with Crippen molar-refractivity contribution in [3.05, 3.63) is 36.6 Å². The fourth-order valence-electron chi connectivity index (χ4n) is 0.627. The highest BCUT2D eigenvalue weighted by Crippen LogP contribution is 1.88. The molecule has 0 bridgehead atoms. The molecular weight excluding hydrogens is 134 g/mol. The van der Waals surface area contributed by atoms with Crippen LogP contribution in [0.5, 0.6) is 0 Å². The van der Waals surface area contributed by atoms with Crippen LogP contribution in [0.4, 0.5) is 0 Å². The Morgan fingerprint density at radius 1 is 1.45 bits per heavy atom. The molecule has 0 amide bonds. The molecule has 0 aromatic heterocycles. The van der Waals surface area contributed by atoms with E-state index in [0.717, 1.165) is 18.7 Å². The Bertz CT molecular complexity index is 154. The zero-order valence-electron chi connectivity index (χ0n) is 7.43. The van der Waals surface area contributed by atoms with Gasteiger partial charge in [0.05, 0.1) is 0 Å². The van der Waals surface area contributed by atoms with Crippen LogP contribution in [0.25, 0.3) is 0 Å². The molecule has 0 atom stereocenters. The second kappa shape index (κ2) is 7.13. The minimum absolute atomic E-state index is 0.977. The van der Waals surface area contributed by atoms with E-state index in [9.17, 15) is 0 Å². The first-order valence-corrected chi connectivity index (χ1v) is 4.03. The molecule has 62 valence electrons. The maximum absolute atomic E-state index is 3.83. The lowest BCUT2D eigenvalue weighted by molar-refractivity contribution is 0.787. The monoisotopic (exact) mass is 151 g/mol. The van der Waals surface area contributed by atoms with Crippen LogP contribution in [0.15, 0.2) is 36.6 Å². The highest BCUT2D eigenvalue weighted by molar-refractivity contribution is 5.17. The predicted molar refractivity (Wildman–Crippen MR) is 51.4 cm³/mol. The van der Waals surface area contributed by atoms with Gasteiger partial charge in [-0.15, -0.1) is 0 Å². The van der Waals surface area contributed by atoms with Gasteiger partial charge in [0.25, 0.3) is 0 Å². The molecule has 0 fully saturated rings. The molecule has 0 radical (unpaired) electrons. The molecule has 1 N–H and O–H groups in total. The second-order valence-corrected chi connectivity index (χ2v) is 2.34. The van der Waals surface area contributed by atoms with Gasteiger partial charge in [0.2, 0.25) is 0 Å². The summed E-state index contributed by atoms with van der Waals surface area (Å²) in [6.07, 6.45) is 9.06. The van der Waals surface area contributed by atoms with Crippen molar-refractivity contribution in [1.82, 2.24) is 5.32 Å². The molecule has 0 unspecified atom stereocenters. The van der Waals surface area contributed by atoms with Gasteiger partial charge in [-0.05, 0) is 19.4 Å². The van der Waals surface area contributed by atoms with Crippen LogP contribution in [-0.4, -0.2) is 6.54 Å². The largest absolute Gasteiger partial charge is 0.386 e. The Kier molecular flexibility index (Phi) is 6.50. The Balaban J connectivity index is 3.51. The van der Waals surface area contributed by atoms with Crippen LogP contribution >= 0.6 is 0 Å². The third-order valence-electron chi connectivity index (χ3n) is 1.20.